The second kappa shape index (κ2) is 9.00. The van der Waals surface area contributed by atoms with Crippen LogP contribution in [-0.2, 0) is 10.0 Å². The zero-order valence-electron chi connectivity index (χ0n) is 19.0. The minimum atomic E-state index is -3.69. The van der Waals surface area contributed by atoms with Crippen LogP contribution in [0.3, 0.4) is 0 Å². The fourth-order valence-corrected chi connectivity index (χ4v) is 6.04. The number of nitrogens with one attached hydrogen (secondary N) is 1. The average Bonchev–Trinajstić information content (AvgIpc) is 3.21. The van der Waals surface area contributed by atoms with Gasteiger partial charge in [-0.2, -0.15) is 0 Å². The molecule has 33 heavy (non-hydrogen) atoms. The molecule has 0 saturated heterocycles. The molecular formula is C26H26N2O3S2. The second-order valence-corrected chi connectivity index (χ2v) is 11.0. The quantitative estimate of drug-likeness (QED) is 0.354. The molecule has 5 nitrogen and oxygen atoms in total. The van der Waals surface area contributed by atoms with Gasteiger partial charge in [0.1, 0.15) is 0 Å². The van der Waals surface area contributed by atoms with Crippen LogP contribution in [0.5, 0.6) is 0 Å². The van der Waals surface area contributed by atoms with Gasteiger partial charge in [-0.3, -0.25) is 9.10 Å². The third-order valence-electron chi connectivity index (χ3n) is 5.67. The van der Waals surface area contributed by atoms with Crippen molar-refractivity contribution in [3.8, 4) is 0 Å². The van der Waals surface area contributed by atoms with Crippen molar-refractivity contribution < 1.29 is 13.2 Å². The maximum Gasteiger partial charge on any atom is 0.265 e. The number of hydrogen-bond acceptors (Lipinski definition) is 4. The van der Waals surface area contributed by atoms with Crippen molar-refractivity contribution in [2.45, 2.75) is 32.6 Å². The summed E-state index contributed by atoms with van der Waals surface area (Å²) in [6.45, 7) is 8.07. The number of hydrogen-bond donors (Lipinski definition) is 1. The monoisotopic (exact) mass is 478 g/mol. The molecule has 0 spiro atoms. The van der Waals surface area contributed by atoms with E-state index in [9.17, 15) is 13.2 Å². The molecule has 1 amide bonds. The second-order valence-electron chi connectivity index (χ2n) is 8.07. The van der Waals surface area contributed by atoms with E-state index in [1.54, 1.807) is 30.3 Å². The van der Waals surface area contributed by atoms with E-state index in [1.807, 2.05) is 64.1 Å². The van der Waals surface area contributed by atoms with Crippen molar-refractivity contribution in [2.75, 3.05) is 16.2 Å². The van der Waals surface area contributed by atoms with E-state index in [1.165, 1.54) is 21.2 Å². The molecule has 1 aromatic heterocycles. The normalized spacial score (nSPS) is 11.5. The molecular weight excluding hydrogens is 452 g/mol. The number of nitrogens with zero attached hydrogens (tertiary/aromatic N) is 1. The molecule has 1 heterocycles. The third-order valence-corrected chi connectivity index (χ3v) is 8.70. The average molecular weight is 479 g/mol. The first-order chi connectivity index (χ1) is 15.7. The number of sulfonamides is 1. The van der Waals surface area contributed by atoms with Gasteiger partial charge in [0.2, 0.25) is 0 Å². The SMILES string of the molecule is CCN(c1ccc2sc(C(=O)Nc3ccc(C)c(C)c3)cc2c1)S(=O)(=O)c1ccc(C)cc1. The number of amides is 1. The molecule has 0 fully saturated rings. The minimum Gasteiger partial charge on any atom is -0.321 e. The lowest BCUT2D eigenvalue weighted by Crippen LogP contribution is -2.30. The number of rotatable bonds is 6. The van der Waals surface area contributed by atoms with E-state index in [-0.39, 0.29) is 10.8 Å². The van der Waals surface area contributed by atoms with Crippen LogP contribution in [0, 0.1) is 20.8 Å². The Morgan fingerprint density at radius 2 is 1.64 bits per heavy atom. The Balaban J connectivity index is 1.63. The van der Waals surface area contributed by atoms with Crippen LogP contribution in [0.25, 0.3) is 10.1 Å². The summed E-state index contributed by atoms with van der Waals surface area (Å²) in [7, 11) is -3.69. The molecule has 3 aromatic carbocycles. The fraction of sp³-hybridized carbons (Fsp3) is 0.192. The summed E-state index contributed by atoms with van der Waals surface area (Å²) >= 11 is 1.39. The number of aryl methyl sites for hydroxylation is 3. The van der Waals surface area contributed by atoms with Gasteiger partial charge in [0.15, 0.2) is 0 Å². The zero-order chi connectivity index (χ0) is 23.8. The Morgan fingerprint density at radius 1 is 0.909 bits per heavy atom. The first kappa shape index (κ1) is 23.0. The fourth-order valence-electron chi connectivity index (χ4n) is 3.64. The van der Waals surface area contributed by atoms with Crippen molar-refractivity contribution in [3.63, 3.8) is 0 Å². The van der Waals surface area contributed by atoms with Crippen LogP contribution in [0.15, 0.2) is 71.6 Å². The lowest BCUT2D eigenvalue weighted by atomic mass is 10.1. The molecule has 0 atom stereocenters. The summed E-state index contributed by atoms with van der Waals surface area (Å²) < 4.78 is 28.8. The summed E-state index contributed by atoms with van der Waals surface area (Å²) in [5.41, 5.74) is 4.61. The number of fused-ring (bicyclic) bond motifs is 1. The first-order valence-electron chi connectivity index (χ1n) is 10.7. The van der Waals surface area contributed by atoms with Crippen LogP contribution >= 0.6 is 11.3 Å². The standard InChI is InChI=1S/C26H26N2O3S2/c1-5-28(33(30,31)23-11-6-17(2)7-12-23)22-10-13-24-20(15-22)16-25(32-24)26(29)27-21-9-8-18(3)19(4)14-21/h6-16H,5H2,1-4H3,(H,27,29). The third kappa shape index (κ3) is 4.65. The van der Waals surface area contributed by atoms with E-state index in [0.717, 1.165) is 26.9 Å². The highest BCUT2D eigenvalue weighted by molar-refractivity contribution is 7.92. The molecule has 0 aliphatic heterocycles. The molecule has 1 N–H and O–H groups in total. The summed E-state index contributed by atoms with van der Waals surface area (Å²) in [6.07, 6.45) is 0. The molecule has 0 aliphatic carbocycles. The van der Waals surface area contributed by atoms with Gasteiger partial charge in [-0.15, -0.1) is 11.3 Å². The van der Waals surface area contributed by atoms with E-state index in [0.29, 0.717) is 17.1 Å². The van der Waals surface area contributed by atoms with E-state index < -0.39 is 10.0 Å². The molecule has 4 rings (SSSR count). The summed E-state index contributed by atoms with van der Waals surface area (Å²) in [5, 5.41) is 3.78. The molecule has 7 heteroatoms. The summed E-state index contributed by atoms with van der Waals surface area (Å²) in [6, 6.07) is 20.0. The van der Waals surface area contributed by atoms with Gasteiger partial charge in [0.05, 0.1) is 15.5 Å². The minimum absolute atomic E-state index is 0.180. The number of thiophene rings is 1. The van der Waals surface area contributed by atoms with Crippen molar-refractivity contribution >= 4 is 48.7 Å². The van der Waals surface area contributed by atoms with Crippen LogP contribution in [-0.4, -0.2) is 20.9 Å². The van der Waals surface area contributed by atoms with Gasteiger partial charge in [-0.25, -0.2) is 8.42 Å². The highest BCUT2D eigenvalue weighted by atomic mass is 32.2. The number of benzene rings is 3. The van der Waals surface area contributed by atoms with Gasteiger partial charge in [0, 0.05) is 16.9 Å². The predicted octanol–water partition coefficient (Wildman–Crippen LogP) is 6.29. The van der Waals surface area contributed by atoms with Crippen molar-refractivity contribution in [2.24, 2.45) is 0 Å². The summed E-state index contributed by atoms with van der Waals surface area (Å²) in [5.74, 6) is -0.180. The van der Waals surface area contributed by atoms with Crippen LogP contribution in [0.4, 0.5) is 11.4 Å². The Kier molecular flexibility index (Phi) is 6.28. The number of carbonyl (C=O) groups is 1. The first-order valence-corrected chi connectivity index (χ1v) is 13.0. The molecule has 0 saturated carbocycles. The van der Waals surface area contributed by atoms with Gasteiger partial charge >= 0.3 is 0 Å². The van der Waals surface area contributed by atoms with E-state index >= 15 is 0 Å². The van der Waals surface area contributed by atoms with Crippen LogP contribution < -0.4 is 9.62 Å². The molecule has 4 aromatic rings. The lowest BCUT2D eigenvalue weighted by Gasteiger charge is -2.23. The van der Waals surface area contributed by atoms with Crippen LogP contribution in [0.2, 0.25) is 0 Å². The Morgan fingerprint density at radius 3 is 2.30 bits per heavy atom. The van der Waals surface area contributed by atoms with Gasteiger partial charge in [-0.05, 0) is 92.7 Å². The van der Waals surface area contributed by atoms with Crippen molar-refractivity contribution in [1.82, 2.24) is 0 Å². The Labute approximate surface area is 198 Å². The van der Waals surface area contributed by atoms with Crippen molar-refractivity contribution in [1.29, 1.82) is 0 Å². The number of anilines is 2. The van der Waals surface area contributed by atoms with E-state index in [2.05, 4.69) is 5.32 Å². The highest BCUT2D eigenvalue weighted by Crippen LogP contribution is 2.32. The smallest absolute Gasteiger partial charge is 0.265 e. The molecule has 0 aliphatic rings. The largest absolute Gasteiger partial charge is 0.321 e. The topological polar surface area (TPSA) is 66.5 Å². The molecule has 170 valence electrons. The number of carbonyl (C=O) groups excluding carboxylic acids is 1. The Hall–Kier alpha value is -3.16. The van der Waals surface area contributed by atoms with Crippen LogP contribution in [0.1, 0.15) is 33.3 Å². The van der Waals surface area contributed by atoms with Gasteiger partial charge < -0.3 is 5.32 Å². The molecule has 0 unspecified atom stereocenters. The summed E-state index contributed by atoms with van der Waals surface area (Å²) in [4.78, 5) is 13.7. The predicted molar refractivity (Wildman–Crippen MR) is 137 cm³/mol. The lowest BCUT2D eigenvalue weighted by molar-refractivity contribution is 0.103. The molecule has 0 bridgehead atoms. The van der Waals surface area contributed by atoms with Crippen molar-refractivity contribution in [3.05, 3.63) is 88.3 Å². The highest BCUT2D eigenvalue weighted by Gasteiger charge is 2.24. The maximum atomic E-state index is 13.2. The molecule has 0 radical (unpaired) electrons. The van der Waals surface area contributed by atoms with Gasteiger partial charge in [0.25, 0.3) is 15.9 Å². The maximum absolute atomic E-state index is 13.2. The zero-order valence-corrected chi connectivity index (χ0v) is 20.7. The Bertz CT molecular complexity index is 1440. The van der Waals surface area contributed by atoms with Gasteiger partial charge in [-0.1, -0.05) is 23.8 Å². The van der Waals surface area contributed by atoms with E-state index in [4.69, 9.17) is 0 Å².